The minimum Gasteiger partial charge on any atom is -0.377 e. The Kier molecular flexibility index (Phi) is 3.87. The molecule has 1 aliphatic heterocycles. The number of nitrogens with zero attached hydrogens (tertiary/aromatic N) is 1. The van der Waals surface area contributed by atoms with Gasteiger partial charge in [-0.25, -0.2) is 13.1 Å². The highest BCUT2D eigenvalue weighted by atomic mass is 32.2. The van der Waals surface area contributed by atoms with Gasteiger partial charge >= 0.3 is 4.87 Å². The Morgan fingerprint density at radius 2 is 2.29 bits per heavy atom. The summed E-state index contributed by atoms with van der Waals surface area (Å²) in [6.45, 7) is 0.974. The first-order chi connectivity index (χ1) is 9.97. The number of fused-ring (bicyclic) bond motifs is 1. The van der Waals surface area contributed by atoms with Crippen LogP contribution in [-0.4, -0.2) is 32.2 Å². The summed E-state index contributed by atoms with van der Waals surface area (Å²) in [6.07, 6.45) is 1.80. The molecule has 0 amide bonds. The normalized spacial score (nSPS) is 19.4. The number of sulfonamides is 1. The van der Waals surface area contributed by atoms with Gasteiger partial charge in [-0.1, -0.05) is 11.3 Å². The molecule has 8 heteroatoms. The molecular formula is C13H16N2O4S2. The van der Waals surface area contributed by atoms with E-state index in [-0.39, 0.29) is 22.4 Å². The number of ether oxygens (including phenoxy) is 1. The lowest BCUT2D eigenvalue weighted by atomic mass is 10.2. The van der Waals surface area contributed by atoms with Crippen LogP contribution >= 0.6 is 11.3 Å². The minimum absolute atomic E-state index is 0.0451. The fourth-order valence-electron chi connectivity index (χ4n) is 2.37. The number of hydrogen-bond donors (Lipinski definition) is 1. The van der Waals surface area contributed by atoms with Gasteiger partial charge < -0.3 is 9.30 Å². The lowest BCUT2D eigenvalue weighted by Crippen LogP contribution is -2.31. The number of benzene rings is 1. The number of aromatic nitrogens is 1. The van der Waals surface area contributed by atoms with Crippen LogP contribution in [0.25, 0.3) is 10.2 Å². The van der Waals surface area contributed by atoms with Crippen LogP contribution in [0.5, 0.6) is 0 Å². The number of aryl methyl sites for hydroxylation is 1. The van der Waals surface area contributed by atoms with Crippen molar-refractivity contribution in [2.75, 3.05) is 13.2 Å². The molecule has 6 nitrogen and oxygen atoms in total. The molecule has 2 heterocycles. The Morgan fingerprint density at radius 1 is 1.48 bits per heavy atom. The zero-order valence-electron chi connectivity index (χ0n) is 11.5. The minimum atomic E-state index is -3.58. The van der Waals surface area contributed by atoms with E-state index in [1.54, 1.807) is 19.2 Å². The first kappa shape index (κ1) is 14.7. The molecule has 0 radical (unpaired) electrons. The molecule has 1 aromatic carbocycles. The van der Waals surface area contributed by atoms with Crippen LogP contribution in [0, 0.1) is 0 Å². The van der Waals surface area contributed by atoms with E-state index in [1.807, 2.05) is 0 Å². The van der Waals surface area contributed by atoms with Crippen LogP contribution in [0.4, 0.5) is 0 Å². The highest BCUT2D eigenvalue weighted by Gasteiger charge is 2.21. The molecule has 3 rings (SSSR count). The van der Waals surface area contributed by atoms with E-state index in [4.69, 9.17) is 4.74 Å². The molecule has 2 aromatic rings. The lowest BCUT2D eigenvalue weighted by Gasteiger charge is -2.11. The maximum Gasteiger partial charge on any atom is 0.307 e. The molecule has 1 fully saturated rings. The van der Waals surface area contributed by atoms with Crippen molar-refractivity contribution in [2.24, 2.45) is 7.05 Å². The van der Waals surface area contributed by atoms with Crippen molar-refractivity contribution in [3.63, 3.8) is 0 Å². The third-order valence-corrected chi connectivity index (χ3v) is 6.02. The molecule has 21 heavy (non-hydrogen) atoms. The van der Waals surface area contributed by atoms with E-state index in [9.17, 15) is 13.2 Å². The molecule has 1 N–H and O–H groups in total. The Morgan fingerprint density at radius 3 is 3.00 bits per heavy atom. The van der Waals surface area contributed by atoms with Gasteiger partial charge in [0.1, 0.15) is 0 Å². The number of thiazole rings is 1. The molecule has 114 valence electrons. The summed E-state index contributed by atoms with van der Waals surface area (Å²) < 4.78 is 34.7. The summed E-state index contributed by atoms with van der Waals surface area (Å²) in [6, 6.07) is 4.72. The third-order valence-electron chi connectivity index (χ3n) is 3.60. The van der Waals surface area contributed by atoms with Crippen molar-refractivity contribution in [2.45, 2.75) is 23.8 Å². The second-order valence-electron chi connectivity index (χ2n) is 5.04. The van der Waals surface area contributed by atoms with Crippen molar-refractivity contribution < 1.29 is 13.2 Å². The van der Waals surface area contributed by atoms with Gasteiger partial charge in [-0.3, -0.25) is 4.79 Å². The summed E-state index contributed by atoms with van der Waals surface area (Å²) in [5.74, 6) is 0. The van der Waals surface area contributed by atoms with Crippen molar-refractivity contribution >= 4 is 31.6 Å². The van der Waals surface area contributed by atoms with E-state index >= 15 is 0 Å². The Balaban J connectivity index is 1.85. The highest BCUT2D eigenvalue weighted by molar-refractivity contribution is 7.89. The van der Waals surface area contributed by atoms with E-state index in [0.717, 1.165) is 29.7 Å². The molecule has 0 bridgehead atoms. The second kappa shape index (κ2) is 5.53. The first-order valence-electron chi connectivity index (χ1n) is 6.68. The summed E-state index contributed by atoms with van der Waals surface area (Å²) in [5.41, 5.74) is 0.739. The lowest BCUT2D eigenvalue weighted by molar-refractivity contribution is 0.114. The Hall–Kier alpha value is -1.22. The molecular weight excluding hydrogens is 312 g/mol. The molecule has 1 atom stereocenters. The Bertz CT molecular complexity index is 816. The van der Waals surface area contributed by atoms with E-state index in [1.165, 1.54) is 10.6 Å². The fourth-order valence-corrected chi connectivity index (χ4v) is 4.46. The van der Waals surface area contributed by atoms with Crippen LogP contribution in [0.2, 0.25) is 0 Å². The smallest absolute Gasteiger partial charge is 0.307 e. The first-order valence-corrected chi connectivity index (χ1v) is 8.98. The van der Waals surface area contributed by atoms with Crippen LogP contribution < -0.4 is 9.60 Å². The summed E-state index contributed by atoms with van der Waals surface area (Å²) in [7, 11) is -1.91. The molecule has 1 unspecified atom stereocenters. The monoisotopic (exact) mass is 328 g/mol. The average Bonchev–Trinajstić information content (AvgIpc) is 3.06. The zero-order chi connectivity index (χ0) is 15.0. The number of rotatable bonds is 4. The van der Waals surface area contributed by atoms with Crippen molar-refractivity contribution in [3.8, 4) is 0 Å². The van der Waals surface area contributed by atoms with E-state index < -0.39 is 10.0 Å². The summed E-state index contributed by atoms with van der Waals surface area (Å²) in [4.78, 5) is 11.7. The highest BCUT2D eigenvalue weighted by Crippen LogP contribution is 2.21. The molecule has 1 saturated heterocycles. The zero-order valence-corrected chi connectivity index (χ0v) is 13.2. The Labute approximate surface area is 126 Å². The van der Waals surface area contributed by atoms with Crippen molar-refractivity contribution in [1.29, 1.82) is 0 Å². The standard InChI is InChI=1S/C13H16N2O4S2/c1-15-11-5-4-10(7-12(11)20-13(15)16)21(17,18)14-8-9-3-2-6-19-9/h4-5,7,9,14H,2-3,6,8H2,1H3. The molecule has 0 aliphatic carbocycles. The molecule has 1 aliphatic rings. The van der Waals surface area contributed by atoms with Crippen LogP contribution in [-0.2, 0) is 21.8 Å². The average molecular weight is 328 g/mol. The number of hydrogen-bond acceptors (Lipinski definition) is 5. The van der Waals surface area contributed by atoms with Gasteiger partial charge in [-0.05, 0) is 31.0 Å². The van der Waals surface area contributed by atoms with Gasteiger partial charge in [0, 0.05) is 20.2 Å². The van der Waals surface area contributed by atoms with E-state index in [0.29, 0.717) is 11.3 Å². The van der Waals surface area contributed by atoms with Crippen molar-refractivity contribution in [1.82, 2.24) is 9.29 Å². The van der Waals surface area contributed by atoms with Crippen LogP contribution in [0.3, 0.4) is 0 Å². The van der Waals surface area contributed by atoms with Gasteiger partial charge in [0.25, 0.3) is 0 Å². The van der Waals surface area contributed by atoms with Gasteiger partial charge in [0.05, 0.1) is 21.2 Å². The second-order valence-corrected chi connectivity index (χ2v) is 7.80. The van der Waals surface area contributed by atoms with Crippen molar-refractivity contribution in [3.05, 3.63) is 27.9 Å². The topological polar surface area (TPSA) is 77.4 Å². The van der Waals surface area contributed by atoms with Gasteiger partial charge in [0.2, 0.25) is 10.0 Å². The van der Waals surface area contributed by atoms with Crippen LogP contribution in [0.15, 0.2) is 27.9 Å². The molecule has 0 saturated carbocycles. The summed E-state index contributed by atoms with van der Waals surface area (Å²) in [5, 5.41) is 0. The third kappa shape index (κ3) is 2.89. The van der Waals surface area contributed by atoms with E-state index in [2.05, 4.69) is 4.72 Å². The fraction of sp³-hybridized carbons (Fsp3) is 0.462. The largest absolute Gasteiger partial charge is 0.377 e. The maximum atomic E-state index is 12.3. The van der Waals surface area contributed by atoms with Gasteiger partial charge in [-0.2, -0.15) is 0 Å². The molecule has 0 spiro atoms. The predicted octanol–water partition coefficient (Wildman–Crippen LogP) is 1.06. The summed E-state index contributed by atoms with van der Waals surface area (Å²) >= 11 is 1.04. The predicted molar refractivity (Wildman–Crippen MR) is 81.2 cm³/mol. The van der Waals surface area contributed by atoms with Crippen LogP contribution in [0.1, 0.15) is 12.8 Å². The maximum absolute atomic E-state index is 12.3. The quantitative estimate of drug-likeness (QED) is 0.910. The van der Waals surface area contributed by atoms with Gasteiger partial charge in [-0.15, -0.1) is 0 Å². The number of nitrogens with one attached hydrogen (secondary N) is 1. The molecule has 1 aromatic heterocycles. The SMILES string of the molecule is Cn1c(=O)sc2cc(S(=O)(=O)NCC3CCCO3)ccc21. The van der Waals surface area contributed by atoms with Gasteiger partial charge in [0.15, 0.2) is 0 Å².